The van der Waals surface area contributed by atoms with E-state index in [4.69, 9.17) is 4.74 Å². The Hall–Kier alpha value is -1.34. The lowest BCUT2D eigenvalue weighted by atomic mass is 9.73. The Bertz CT molecular complexity index is 577. The van der Waals surface area contributed by atoms with Crippen molar-refractivity contribution in [1.82, 2.24) is 9.88 Å². The first-order valence-electron chi connectivity index (χ1n) is 7.80. The zero-order valence-corrected chi connectivity index (χ0v) is 13.2. The SMILES string of the molecule is COc1ncc(C(F)(F)F)cc1C1(O)CC2CCCC(C1)N2C. The van der Waals surface area contributed by atoms with Crippen LogP contribution in [0.2, 0.25) is 0 Å². The van der Waals surface area contributed by atoms with E-state index in [1.54, 1.807) is 0 Å². The van der Waals surface area contributed by atoms with E-state index in [9.17, 15) is 18.3 Å². The topological polar surface area (TPSA) is 45.6 Å². The highest BCUT2D eigenvalue weighted by molar-refractivity contribution is 5.37. The highest BCUT2D eigenvalue weighted by Crippen LogP contribution is 2.46. The third-order valence-electron chi connectivity index (χ3n) is 5.25. The van der Waals surface area contributed by atoms with Crippen LogP contribution in [0.4, 0.5) is 13.2 Å². The summed E-state index contributed by atoms with van der Waals surface area (Å²) in [7, 11) is 3.38. The Morgan fingerprint density at radius 3 is 2.43 bits per heavy atom. The maximum atomic E-state index is 13.0. The molecule has 23 heavy (non-hydrogen) atoms. The van der Waals surface area contributed by atoms with Gasteiger partial charge >= 0.3 is 6.18 Å². The predicted molar refractivity (Wildman–Crippen MR) is 78.1 cm³/mol. The minimum absolute atomic E-state index is 0.0723. The van der Waals surface area contributed by atoms with Gasteiger partial charge in [0.05, 0.1) is 18.3 Å². The molecule has 2 aliphatic rings. The number of aliphatic hydroxyl groups is 1. The zero-order chi connectivity index (χ0) is 16.8. The lowest BCUT2D eigenvalue weighted by molar-refractivity contribution is -0.138. The van der Waals surface area contributed by atoms with Crippen molar-refractivity contribution in [1.29, 1.82) is 0 Å². The van der Waals surface area contributed by atoms with Gasteiger partial charge in [0, 0.05) is 23.8 Å². The number of methoxy groups -OCH3 is 1. The van der Waals surface area contributed by atoms with Crippen LogP contribution < -0.4 is 4.74 Å². The molecule has 2 unspecified atom stereocenters. The van der Waals surface area contributed by atoms with Gasteiger partial charge in [0.2, 0.25) is 5.88 Å². The second-order valence-electron chi connectivity index (χ2n) is 6.62. The maximum Gasteiger partial charge on any atom is 0.417 e. The molecule has 7 heteroatoms. The molecule has 0 aromatic carbocycles. The van der Waals surface area contributed by atoms with Crippen molar-refractivity contribution in [2.75, 3.05) is 14.2 Å². The molecule has 2 fully saturated rings. The fraction of sp³-hybridized carbons (Fsp3) is 0.688. The highest BCUT2D eigenvalue weighted by atomic mass is 19.4. The summed E-state index contributed by atoms with van der Waals surface area (Å²) < 4.78 is 44.2. The number of piperidine rings is 2. The number of hydrogen-bond donors (Lipinski definition) is 1. The number of rotatable bonds is 2. The molecule has 2 bridgehead atoms. The normalized spacial score (nSPS) is 31.9. The molecule has 2 aliphatic heterocycles. The number of alkyl halides is 3. The van der Waals surface area contributed by atoms with Crippen molar-refractivity contribution in [3.63, 3.8) is 0 Å². The molecule has 1 aromatic rings. The number of aromatic nitrogens is 1. The minimum atomic E-state index is -4.49. The van der Waals surface area contributed by atoms with E-state index in [0.29, 0.717) is 12.8 Å². The number of ether oxygens (including phenoxy) is 1. The van der Waals surface area contributed by atoms with Gasteiger partial charge in [0.15, 0.2) is 0 Å². The number of nitrogens with zero attached hydrogens (tertiary/aromatic N) is 2. The minimum Gasteiger partial charge on any atom is -0.481 e. The molecule has 3 rings (SSSR count). The average molecular weight is 330 g/mol. The molecule has 3 heterocycles. The Morgan fingerprint density at radius 1 is 1.30 bits per heavy atom. The molecule has 2 atom stereocenters. The van der Waals surface area contributed by atoms with Crippen LogP contribution in [-0.2, 0) is 11.8 Å². The van der Waals surface area contributed by atoms with Gasteiger partial charge in [-0.05, 0) is 38.8 Å². The molecule has 0 radical (unpaired) electrons. The number of pyridine rings is 1. The number of hydrogen-bond acceptors (Lipinski definition) is 4. The highest BCUT2D eigenvalue weighted by Gasteiger charge is 2.47. The Balaban J connectivity index is 2.02. The van der Waals surface area contributed by atoms with Crippen LogP contribution in [0.15, 0.2) is 12.3 Å². The van der Waals surface area contributed by atoms with Gasteiger partial charge in [-0.3, -0.25) is 0 Å². The van der Waals surface area contributed by atoms with Gasteiger partial charge in [-0.15, -0.1) is 0 Å². The van der Waals surface area contributed by atoms with E-state index in [-0.39, 0.29) is 23.5 Å². The average Bonchev–Trinajstić information content (AvgIpc) is 2.47. The molecule has 128 valence electrons. The molecule has 0 spiro atoms. The van der Waals surface area contributed by atoms with E-state index in [2.05, 4.69) is 9.88 Å². The van der Waals surface area contributed by atoms with Crippen LogP contribution in [0.1, 0.15) is 43.2 Å². The van der Waals surface area contributed by atoms with Crippen LogP contribution in [0.5, 0.6) is 5.88 Å². The monoisotopic (exact) mass is 330 g/mol. The summed E-state index contributed by atoms with van der Waals surface area (Å²) in [5.41, 5.74) is -2.03. The molecular formula is C16H21F3N2O2. The van der Waals surface area contributed by atoms with E-state index >= 15 is 0 Å². The molecule has 1 aromatic heterocycles. The van der Waals surface area contributed by atoms with E-state index < -0.39 is 17.3 Å². The van der Waals surface area contributed by atoms with E-state index in [1.165, 1.54) is 7.11 Å². The van der Waals surface area contributed by atoms with Gasteiger partial charge in [-0.2, -0.15) is 13.2 Å². The van der Waals surface area contributed by atoms with Crippen molar-refractivity contribution >= 4 is 0 Å². The lowest BCUT2D eigenvalue weighted by Gasteiger charge is -2.50. The number of halogens is 3. The first-order valence-corrected chi connectivity index (χ1v) is 7.80. The molecule has 2 saturated heterocycles. The van der Waals surface area contributed by atoms with E-state index in [0.717, 1.165) is 31.5 Å². The third kappa shape index (κ3) is 2.92. The van der Waals surface area contributed by atoms with Crippen molar-refractivity contribution in [2.24, 2.45) is 0 Å². The number of fused-ring (bicyclic) bond motifs is 2. The summed E-state index contributed by atoms with van der Waals surface area (Å²) in [6, 6.07) is 1.34. The Morgan fingerprint density at radius 2 is 1.91 bits per heavy atom. The maximum absolute atomic E-state index is 13.0. The second-order valence-corrected chi connectivity index (χ2v) is 6.62. The lowest BCUT2D eigenvalue weighted by Crippen LogP contribution is -2.55. The summed E-state index contributed by atoms with van der Waals surface area (Å²) in [6.07, 6.45) is 0.0493. The van der Waals surface area contributed by atoms with Crippen LogP contribution >= 0.6 is 0 Å². The fourth-order valence-electron chi connectivity index (χ4n) is 3.97. The van der Waals surface area contributed by atoms with Gasteiger partial charge < -0.3 is 14.7 Å². The summed E-state index contributed by atoms with van der Waals surface area (Å²) >= 11 is 0. The van der Waals surface area contributed by atoms with Crippen LogP contribution in [0, 0.1) is 0 Å². The van der Waals surface area contributed by atoms with Crippen molar-refractivity contribution in [3.8, 4) is 5.88 Å². The molecule has 0 amide bonds. The van der Waals surface area contributed by atoms with E-state index in [1.807, 2.05) is 7.05 Å². The zero-order valence-electron chi connectivity index (χ0n) is 13.2. The predicted octanol–water partition coefficient (Wildman–Crippen LogP) is 2.94. The summed E-state index contributed by atoms with van der Waals surface area (Å²) in [6.45, 7) is 0. The second kappa shape index (κ2) is 5.63. The molecule has 1 N–H and O–H groups in total. The van der Waals surface area contributed by atoms with Crippen molar-refractivity contribution in [3.05, 3.63) is 23.4 Å². The van der Waals surface area contributed by atoms with Gasteiger partial charge in [0.25, 0.3) is 0 Å². The third-order valence-corrected chi connectivity index (χ3v) is 5.25. The van der Waals surface area contributed by atoms with Crippen molar-refractivity contribution < 1.29 is 23.0 Å². The first-order chi connectivity index (χ1) is 10.7. The summed E-state index contributed by atoms with van der Waals surface area (Å²) in [5.74, 6) is 0.0723. The smallest absolute Gasteiger partial charge is 0.417 e. The summed E-state index contributed by atoms with van der Waals surface area (Å²) in [5, 5.41) is 11.2. The molecule has 0 aliphatic carbocycles. The first kappa shape index (κ1) is 16.5. The standard InChI is InChI=1S/C16H21F3N2O2/c1-21-11-4-3-5-12(21)8-15(22,7-11)13-6-10(16(17,18)19)9-20-14(13)23-2/h6,9,11-12,22H,3-5,7-8H2,1-2H3. The molecule has 4 nitrogen and oxygen atoms in total. The van der Waals surface area contributed by atoms with Gasteiger partial charge in [-0.1, -0.05) is 6.42 Å². The Kier molecular flexibility index (Phi) is 4.04. The molecule has 0 saturated carbocycles. The fourth-order valence-corrected chi connectivity index (χ4v) is 3.97. The Labute approximate surface area is 133 Å². The van der Waals surface area contributed by atoms with Gasteiger partial charge in [-0.25, -0.2) is 4.98 Å². The summed E-state index contributed by atoms with van der Waals surface area (Å²) in [4.78, 5) is 6.02. The van der Waals surface area contributed by atoms with Crippen LogP contribution in [0.3, 0.4) is 0 Å². The molecular weight excluding hydrogens is 309 g/mol. The largest absolute Gasteiger partial charge is 0.481 e. The van der Waals surface area contributed by atoms with Crippen LogP contribution in [0.25, 0.3) is 0 Å². The van der Waals surface area contributed by atoms with Crippen LogP contribution in [-0.4, -0.2) is 41.2 Å². The quantitative estimate of drug-likeness (QED) is 0.906. The van der Waals surface area contributed by atoms with Crippen molar-refractivity contribution in [2.45, 2.75) is 56.0 Å². The van der Waals surface area contributed by atoms with Gasteiger partial charge in [0.1, 0.15) is 0 Å².